The zero-order valence-corrected chi connectivity index (χ0v) is 15.3. The molecule has 4 rings (SSSR count). The number of hydrogen-bond acceptors (Lipinski definition) is 3. The van der Waals surface area contributed by atoms with Gasteiger partial charge in [-0.25, -0.2) is 0 Å². The van der Waals surface area contributed by atoms with E-state index in [1.54, 1.807) is 0 Å². The number of carbonyl (C=O) groups excluding carboxylic acids is 1. The second kappa shape index (κ2) is 7.11. The molecule has 0 aromatic heterocycles. The number of piperazine rings is 1. The highest BCUT2D eigenvalue weighted by Gasteiger charge is 2.50. The molecule has 2 bridgehead atoms. The third-order valence-corrected chi connectivity index (χ3v) is 6.27. The number of hydrogen-bond donors (Lipinski definition) is 1. The standard InChI is InChI=1S/C18H24ClN3O.ClH/c19-14-2-1-3-15(11-14)21-6-8-22(9-7-21)18(23)16-12-4-5-13(10-12)17(16)20;/h1-3,11-13,16-17H,4-10,20H2;1H. The van der Waals surface area contributed by atoms with Crippen molar-refractivity contribution in [2.24, 2.45) is 23.5 Å². The number of anilines is 1. The van der Waals surface area contributed by atoms with Crippen LogP contribution in [0.25, 0.3) is 0 Å². The fourth-order valence-corrected chi connectivity index (χ4v) is 4.96. The Bertz CT molecular complexity index is 602. The van der Waals surface area contributed by atoms with E-state index in [1.165, 1.54) is 19.3 Å². The number of carbonyl (C=O) groups is 1. The Kier molecular flexibility index (Phi) is 5.28. The SMILES string of the molecule is Cl.NC1C2CCC(C2)C1C(=O)N1CCN(c2cccc(Cl)c2)CC1. The van der Waals surface area contributed by atoms with Crippen LogP contribution in [0.5, 0.6) is 0 Å². The van der Waals surface area contributed by atoms with Crippen LogP contribution in [0.15, 0.2) is 24.3 Å². The Balaban J connectivity index is 0.00000169. The second-order valence-corrected chi connectivity index (χ2v) is 7.66. The first kappa shape index (κ1) is 17.8. The predicted molar refractivity (Wildman–Crippen MR) is 99.8 cm³/mol. The summed E-state index contributed by atoms with van der Waals surface area (Å²) in [5, 5.41) is 0.758. The van der Waals surface area contributed by atoms with Crippen molar-refractivity contribution in [1.29, 1.82) is 0 Å². The van der Waals surface area contributed by atoms with Crippen molar-refractivity contribution < 1.29 is 4.79 Å². The summed E-state index contributed by atoms with van der Waals surface area (Å²) in [7, 11) is 0. The third-order valence-electron chi connectivity index (χ3n) is 6.03. The number of benzene rings is 1. The summed E-state index contributed by atoms with van der Waals surface area (Å²) in [6, 6.07) is 8.03. The first-order chi connectivity index (χ1) is 11.1. The maximum absolute atomic E-state index is 12.9. The van der Waals surface area contributed by atoms with E-state index in [9.17, 15) is 4.79 Å². The fraction of sp³-hybridized carbons (Fsp3) is 0.611. The molecule has 0 radical (unpaired) electrons. The summed E-state index contributed by atoms with van der Waals surface area (Å²) in [5.74, 6) is 1.50. The van der Waals surface area contributed by atoms with Crippen LogP contribution in [-0.2, 0) is 4.79 Å². The molecule has 4 nitrogen and oxygen atoms in total. The lowest BCUT2D eigenvalue weighted by Crippen LogP contribution is -2.53. The van der Waals surface area contributed by atoms with Crippen molar-refractivity contribution in [2.75, 3.05) is 31.1 Å². The van der Waals surface area contributed by atoms with Crippen LogP contribution in [0.3, 0.4) is 0 Å². The zero-order chi connectivity index (χ0) is 16.0. The maximum Gasteiger partial charge on any atom is 0.227 e. The average molecular weight is 370 g/mol. The lowest BCUT2D eigenvalue weighted by atomic mass is 9.84. The van der Waals surface area contributed by atoms with E-state index in [2.05, 4.69) is 11.0 Å². The molecule has 2 N–H and O–H groups in total. The summed E-state index contributed by atoms with van der Waals surface area (Å²) in [5.41, 5.74) is 7.47. The Morgan fingerprint density at radius 1 is 1.12 bits per heavy atom. The van der Waals surface area contributed by atoms with Crippen molar-refractivity contribution in [3.63, 3.8) is 0 Å². The molecule has 4 unspecified atom stereocenters. The highest BCUT2D eigenvalue weighted by molar-refractivity contribution is 6.30. The van der Waals surface area contributed by atoms with Crippen LogP contribution in [0.4, 0.5) is 5.69 Å². The molecule has 0 spiro atoms. The van der Waals surface area contributed by atoms with Gasteiger partial charge < -0.3 is 15.5 Å². The molecule has 2 saturated carbocycles. The fourth-order valence-electron chi connectivity index (χ4n) is 4.77. The third kappa shape index (κ3) is 3.12. The largest absolute Gasteiger partial charge is 0.368 e. The first-order valence-electron chi connectivity index (χ1n) is 8.68. The summed E-state index contributed by atoms with van der Waals surface area (Å²) in [4.78, 5) is 17.2. The maximum atomic E-state index is 12.9. The predicted octanol–water partition coefficient (Wildman–Crippen LogP) is 2.78. The molecule has 4 atom stereocenters. The highest BCUT2D eigenvalue weighted by Crippen LogP contribution is 2.48. The summed E-state index contributed by atoms with van der Waals surface area (Å²) < 4.78 is 0. The van der Waals surface area contributed by atoms with E-state index in [0.29, 0.717) is 17.7 Å². The molecule has 24 heavy (non-hydrogen) atoms. The monoisotopic (exact) mass is 369 g/mol. The first-order valence-corrected chi connectivity index (χ1v) is 9.06. The number of nitrogens with zero attached hydrogens (tertiary/aromatic N) is 2. The van der Waals surface area contributed by atoms with Crippen molar-refractivity contribution >= 4 is 35.6 Å². The Hall–Kier alpha value is -0.970. The van der Waals surface area contributed by atoms with Gasteiger partial charge in [0, 0.05) is 42.9 Å². The molecular weight excluding hydrogens is 345 g/mol. The van der Waals surface area contributed by atoms with E-state index >= 15 is 0 Å². The van der Waals surface area contributed by atoms with Crippen LogP contribution in [0, 0.1) is 17.8 Å². The number of nitrogens with two attached hydrogens (primary N) is 1. The minimum atomic E-state index is 0. The average Bonchev–Trinajstić information content (AvgIpc) is 3.15. The van der Waals surface area contributed by atoms with Crippen LogP contribution in [0.1, 0.15) is 19.3 Å². The van der Waals surface area contributed by atoms with Crippen LogP contribution >= 0.6 is 24.0 Å². The molecule has 3 aliphatic rings. The second-order valence-electron chi connectivity index (χ2n) is 7.23. The van der Waals surface area contributed by atoms with Crippen molar-refractivity contribution in [3.05, 3.63) is 29.3 Å². The van der Waals surface area contributed by atoms with Gasteiger partial charge in [0.2, 0.25) is 5.91 Å². The van der Waals surface area contributed by atoms with Gasteiger partial charge in [-0.05, 0) is 49.3 Å². The number of amides is 1. The van der Waals surface area contributed by atoms with Gasteiger partial charge in [0.1, 0.15) is 0 Å². The van der Waals surface area contributed by atoms with Crippen LogP contribution in [0.2, 0.25) is 5.02 Å². The van der Waals surface area contributed by atoms with E-state index in [4.69, 9.17) is 17.3 Å². The van der Waals surface area contributed by atoms with E-state index in [-0.39, 0.29) is 24.4 Å². The molecule has 3 fully saturated rings. The molecule has 1 heterocycles. The van der Waals surface area contributed by atoms with Crippen molar-refractivity contribution in [1.82, 2.24) is 4.90 Å². The van der Waals surface area contributed by atoms with Gasteiger partial charge in [-0.2, -0.15) is 0 Å². The Morgan fingerprint density at radius 2 is 1.83 bits per heavy atom. The van der Waals surface area contributed by atoms with E-state index in [0.717, 1.165) is 36.9 Å². The van der Waals surface area contributed by atoms with Gasteiger partial charge in [0.15, 0.2) is 0 Å². The highest BCUT2D eigenvalue weighted by atomic mass is 35.5. The lowest BCUT2D eigenvalue weighted by molar-refractivity contribution is -0.138. The molecule has 1 aliphatic heterocycles. The molecule has 1 aromatic carbocycles. The summed E-state index contributed by atoms with van der Waals surface area (Å²) >= 11 is 6.08. The van der Waals surface area contributed by atoms with Gasteiger partial charge in [0.25, 0.3) is 0 Å². The lowest BCUT2D eigenvalue weighted by Gasteiger charge is -2.39. The van der Waals surface area contributed by atoms with Crippen LogP contribution < -0.4 is 10.6 Å². The molecule has 6 heteroatoms. The van der Waals surface area contributed by atoms with Gasteiger partial charge in [0.05, 0.1) is 5.92 Å². The van der Waals surface area contributed by atoms with Gasteiger partial charge in [-0.15, -0.1) is 12.4 Å². The molecule has 1 aromatic rings. The minimum Gasteiger partial charge on any atom is -0.368 e. The Morgan fingerprint density at radius 3 is 2.46 bits per heavy atom. The topological polar surface area (TPSA) is 49.6 Å². The molecule has 1 amide bonds. The molecule has 132 valence electrons. The molecule has 2 aliphatic carbocycles. The Labute approximate surface area is 154 Å². The quantitative estimate of drug-likeness (QED) is 0.871. The van der Waals surface area contributed by atoms with Gasteiger partial charge in [-0.3, -0.25) is 4.79 Å². The number of halogens is 2. The minimum absolute atomic E-state index is 0. The van der Waals surface area contributed by atoms with Crippen molar-refractivity contribution in [3.8, 4) is 0 Å². The van der Waals surface area contributed by atoms with E-state index in [1.807, 2.05) is 23.1 Å². The van der Waals surface area contributed by atoms with Gasteiger partial charge in [-0.1, -0.05) is 17.7 Å². The van der Waals surface area contributed by atoms with E-state index < -0.39 is 0 Å². The van der Waals surface area contributed by atoms with Crippen LogP contribution in [-0.4, -0.2) is 43.0 Å². The number of fused-ring (bicyclic) bond motifs is 2. The van der Waals surface area contributed by atoms with Gasteiger partial charge >= 0.3 is 0 Å². The number of rotatable bonds is 2. The zero-order valence-electron chi connectivity index (χ0n) is 13.7. The summed E-state index contributed by atoms with van der Waals surface area (Å²) in [6.07, 6.45) is 3.58. The normalized spacial score (nSPS) is 31.9. The molecular formula is C18H25Cl2N3O. The summed E-state index contributed by atoms with van der Waals surface area (Å²) in [6.45, 7) is 3.29. The van der Waals surface area contributed by atoms with Crippen molar-refractivity contribution in [2.45, 2.75) is 25.3 Å². The molecule has 1 saturated heterocycles. The smallest absolute Gasteiger partial charge is 0.227 e.